The van der Waals surface area contributed by atoms with Gasteiger partial charge in [0, 0.05) is 11.1 Å². The third kappa shape index (κ3) is 4.77. The minimum Gasteiger partial charge on any atom is -0.339 e. The Morgan fingerprint density at radius 2 is 1.52 bits per heavy atom. The zero-order valence-corrected chi connectivity index (χ0v) is 14.3. The molecule has 0 atom stereocenters. The van der Waals surface area contributed by atoms with Gasteiger partial charge in [0.1, 0.15) is 0 Å². The van der Waals surface area contributed by atoms with Crippen molar-refractivity contribution in [1.29, 1.82) is 0 Å². The molecule has 1 heterocycles. The number of nitrogens with zero attached hydrogens (tertiary/aromatic N) is 2. The number of amides is 1. The maximum Gasteiger partial charge on any atom is 0.230 e. The Bertz CT molecular complexity index is 655. The first kappa shape index (κ1) is 16.9. The molecule has 2 aromatic rings. The van der Waals surface area contributed by atoms with Crippen LogP contribution in [0.15, 0.2) is 36.4 Å². The van der Waals surface area contributed by atoms with Gasteiger partial charge in [0.2, 0.25) is 5.91 Å². The monoisotopic (exact) mass is 312 g/mol. The summed E-state index contributed by atoms with van der Waals surface area (Å²) in [6.07, 6.45) is 0. The third-order valence-electron chi connectivity index (χ3n) is 3.44. The number of anilines is 3. The van der Waals surface area contributed by atoms with E-state index in [1.54, 1.807) is 12.1 Å². The maximum absolute atomic E-state index is 11.9. The van der Waals surface area contributed by atoms with Crippen molar-refractivity contribution < 1.29 is 4.79 Å². The first-order valence-electron chi connectivity index (χ1n) is 7.78. The number of hydrogen-bond acceptors (Lipinski definition) is 4. The van der Waals surface area contributed by atoms with Crippen molar-refractivity contribution in [3.8, 4) is 0 Å². The van der Waals surface area contributed by atoms with Gasteiger partial charge in [-0.3, -0.25) is 4.79 Å². The van der Waals surface area contributed by atoms with Crippen molar-refractivity contribution >= 4 is 23.2 Å². The first-order valence-corrected chi connectivity index (χ1v) is 7.78. The van der Waals surface area contributed by atoms with Crippen LogP contribution in [0.5, 0.6) is 0 Å². The summed E-state index contributed by atoms with van der Waals surface area (Å²) in [4.78, 5) is 11.9. The Morgan fingerprint density at radius 3 is 2.00 bits per heavy atom. The Kier molecular flexibility index (Phi) is 4.98. The van der Waals surface area contributed by atoms with E-state index in [1.807, 2.05) is 32.9 Å². The van der Waals surface area contributed by atoms with E-state index in [9.17, 15) is 4.79 Å². The molecule has 5 heteroatoms. The van der Waals surface area contributed by atoms with Gasteiger partial charge in [0.15, 0.2) is 11.6 Å². The highest BCUT2D eigenvalue weighted by Gasteiger charge is 2.21. The standard InChI is InChI=1S/C18H24N4O/c1-12(2)13-6-8-14(9-7-13)19-15-10-11-16(22-21-15)20-17(23)18(3,4)5/h6-12H,1-5H3,(H,19,21)(H,20,22,23). The van der Waals surface area contributed by atoms with Gasteiger partial charge >= 0.3 is 0 Å². The number of hydrogen-bond donors (Lipinski definition) is 2. The molecule has 23 heavy (non-hydrogen) atoms. The molecule has 2 rings (SSSR count). The van der Waals surface area contributed by atoms with E-state index >= 15 is 0 Å². The van der Waals surface area contributed by atoms with Gasteiger partial charge in [-0.1, -0.05) is 46.8 Å². The van der Waals surface area contributed by atoms with Crippen molar-refractivity contribution in [3.05, 3.63) is 42.0 Å². The normalized spacial score (nSPS) is 11.4. The average molecular weight is 312 g/mol. The van der Waals surface area contributed by atoms with Crippen LogP contribution in [0, 0.1) is 5.41 Å². The molecule has 0 saturated carbocycles. The third-order valence-corrected chi connectivity index (χ3v) is 3.44. The molecular formula is C18H24N4O. The summed E-state index contributed by atoms with van der Waals surface area (Å²) in [5.41, 5.74) is 1.79. The number of carbonyl (C=O) groups excluding carboxylic acids is 1. The molecule has 0 aliphatic rings. The Balaban J connectivity index is 2.01. The summed E-state index contributed by atoms with van der Waals surface area (Å²) >= 11 is 0. The SMILES string of the molecule is CC(C)c1ccc(Nc2ccc(NC(=O)C(C)(C)C)nn2)cc1. The zero-order valence-electron chi connectivity index (χ0n) is 14.3. The summed E-state index contributed by atoms with van der Waals surface area (Å²) in [6.45, 7) is 9.89. The number of aromatic nitrogens is 2. The first-order chi connectivity index (χ1) is 10.8. The van der Waals surface area contributed by atoms with E-state index in [4.69, 9.17) is 0 Å². The van der Waals surface area contributed by atoms with E-state index in [0.29, 0.717) is 17.6 Å². The molecule has 0 fully saturated rings. The minimum atomic E-state index is -0.462. The fourth-order valence-electron chi connectivity index (χ4n) is 1.87. The molecule has 5 nitrogen and oxygen atoms in total. The second-order valence-electron chi connectivity index (χ2n) is 6.91. The lowest BCUT2D eigenvalue weighted by Crippen LogP contribution is -2.28. The molecule has 1 aromatic heterocycles. The van der Waals surface area contributed by atoms with Crippen molar-refractivity contribution in [1.82, 2.24) is 10.2 Å². The summed E-state index contributed by atoms with van der Waals surface area (Å²) in [6, 6.07) is 11.8. The van der Waals surface area contributed by atoms with Gasteiger partial charge in [0.05, 0.1) is 0 Å². The topological polar surface area (TPSA) is 66.9 Å². The number of rotatable bonds is 4. The second kappa shape index (κ2) is 6.77. The van der Waals surface area contributed by atoms with Crippen LogP contribution >= 0.6 is 0 Å². The van der Waals surface area contributed by atoms with Gasteiger partial charge in [-0.2, -0.15) is 0 Å². The lowest BCUT2D eigenvalue weighted by molar-refractivity contribution is -0.123. The van der Waals surface area contributed by atoms with E-state index in [-0.39, 0.29) is 5.91 Å². The van der Waals surface area contributed by atoms with Crippen LogP contribution in [0.3, 0.4) is 0 Å². The van der Waals surface area contributed by atoms with E-state index in [0.717, 1.165) is 5.69 Å². The molecule has 0 radical (unpaired) electrons. The fourth-order valence-corrected chi connectivity index (χ4v) is 1.87. The molecule has 0 unspecified atom stereocenters. The summed E-state index contributed by atoms with van der Waals surface area (Å²) < 4.78 is 0. The molecule has 0 bridgehead atoms. The quantitative estimate of drug-likeness (QED) is 0.882. The van der Waals surface area contributed by atoms with Gasteiger partial charge < -0.3 is 10.6 Å². The average Bonchev–Trinajstić information content (AvgIpc) is 2.49. The van der Waals surface area contributed by atoms with Crippen LogP contribution in [-0.2, 0) is 4.79 Å². The van der Waals surface area contributed by atoms with Crippen molar-refractivity contribution in [2.75, 3.05) is 10.6 Å². The van der Waals surface area contributed by atoms with Crippen molar-refractivity contribution in [3.63, 3.8) is 0 Å². The molecule has 2 N–H and O–H groups in total. The minimum absolute atomic E-state index is 0.0863. The van der Waals surface area contributed by atoms with E-state index in [1.165, 1.54) is 5.56 Å². The maximum atomic E-state index is 11.9. The Labute approximate surface area is 137 Å². The largest absolute Gasteiger partial charge is 0.339 e. The second-order valence-corrected chi connectivity index (χ2v) is 6.91. The molecule has 0 saturated heterocycles. The molecule has 122 valence electrons. The number of carbonyl (C=O) groups is 1. The van der Waals surface area contributed by atoms with Crippen LogP contribution in [0.2, 0.25) is 0 Å². The van der Waals surface area contributed by atoms with Gasteiger partial charge in [0.25, 0.3) is 0 Å². The summed E-state index contributed by atoms with van der Waals surface area (Å²) in [5.74, 6) is 1.51. The number of nitrogens with one attached hydrogen (secondary N) is 2. The fraction of sp³-hybridized carbons (Fsp3) is 0.389. The van der Waals surface area contributed by atoms with Crippen molar-refractivity contribution in [2.24, 2.45) is 5.41 Å². The van der Waals surface area contributed by atoms with Crippen molar-refractivity contribution in [2.45, 2.75) is 40.5 Å². The predicted octanol–water partition coefficient (Wildman–Crippen LogP) is 4.33. The molecule has 1 amide bonds. The highest BCUT2D eigenvalue weighted by Crippen LogP contribution is 2.20. The molecular weight excluding hydrogens is 288 g/mol. The van der Waals surface area contributed by atoms with Gasteiger partial charge in [-0.05, 0) is 35.7 Å². The van der Waals surface area contributed by atoms with Crippen LogP contribution < -0.4 is 10.6 Å². The Hall–Kier alpha value is -2.43. The zero-order chi connectivity index (χ0) is 17.0. The molecule has 0 spiro atoms. The Morgan fingerprint density at radius 1 is 0.957 bits per heavy atom. The van der Waals surface area contributed by atoms with Crippen LogP contribution in [0.1, 0.15) is 46.1 Å². The molecule has 0 aliphatic carbocycles. The number of benzene rings is 1. The smallest absolute Gasteiger partial charge is 0.230 e. The van der Waals surface area contributed by atoms with E-state index in [2.05, 4.69) is 46.8 Å². The molecule has 1 aromatic carbocycles. The van der Waals surface area contributed by atoms with Gasteiger partial charge in [-0.25, -0.2) is 0 Å². The van der Waals surface area contributed by atoms with Crippen LogP contribution in [-0.4, -0.2) is 16.1 Å². The lowest BCUT2D eigenvalue weighted by Gasteiger charge is -2.16. The van der Waals surface area contributed by atoms with E-state index < -0.39 is 5.41 Å². The summed E-state index contributed by atoms with van der Waals surface area (Å²) in [7, 11) is 0. The summed E-state index contributed by atoms with van der Waals surface area (Å²) in [5, 5.41) is 14.1. The highest BCUT2D eigenvalue weighted by molar-refractivity contribution is 5.93. The van der Waals surface area contributed by atoms with Crippen LogP contribution in [0.4, 0.5) is 17.3 Å². The predicted molar refractivity (Wildman–Crippen MR) is 93.9 cm³/mol. The molecule has 0 aliphatic heterocycles. The highest BCUT2D eigenvalue weighted by atomic mass is 16.2. The van der Waals surface area contributed by atoms with Crippen LogP contribution in [0.25, 0.3) is 0 Å². The van der Waals surface area contributed by atoms with Gasteiger partial charge in [-0.15, -0.1) is 10.2 Å². The lowest BCUT2D eigenvalue weighted by atomic mass is 9.96.